The third-order valence-corrected chi connectivity index (χ3v) is 3.53. The second-order valence-electron chi connectivity index (χ2n) is 3.84. The minimum absolute atomic E-state index is 0.0542. The van der Waals surface area contributed by atoms with Crippen LogP contribution >= 0.6 is 11.3 Å². The van der Waals surface area contributed by atoms with Crippen LogP contribution in [-0.4, -0.2) is 4.98 Å². The Morgan fingerprint density at radius 1 is 1.44 bits per heavy atom. The summed E-state index contributed by atoms with van der Waals surface area (Å²) in [4.78, 5) is 4.18. The van der Waals surface area contributed by atoms with Gasteiger partial charge in [0.15, 0.2) is 11.7 Å². The summed E-state index contributed by atoms with van der Waals surface area (Å²) in [5, 5.41) is 1.65. The lowest BCUT2D eigenvalue weighted by Crippen LogP contribution is -1.81. The molecule has 5 heteroatoms. The fourth-order valence-electron chi connectivity index (χ4n) is 1.62. The number of aromatic nitrogens is 1. The average molecular weight is 241 g/mol. The van der Waals surface area contributed by atoms with Crippen LogP contribution in [0, 0.1) is 0 Å². The lowest BCUT2D eigenvalue weighted by molar-refractivity contribution is 0.156. The van der Waals surface area contributed by atoms with Crippen molar-refractivity contribution in [3.63, 3.8) is 0 Å². The molecule has 0 radical (unpaired) electrons. The lowest BCUT2D eigenvalue weighted by Gasteiger charge is -1.98. The van der Waals surface area contributed by atoms with Gasteiger partial charge in [-0.3, -0.25) is 0 Å². The van der Waals surface area contributed by atoms with Crippen molar-refractivity contribution in [3.8, 4) is 11.3 Å². The molecular formula is C11H9F2NOS. The number of oxazole rings is 1. The number of thiophene rings is 1. The number of halogens is 2. The van der Waals surface area contributed by atoms with E-state index in [1.54, 1.807) is 17.6 Å². The molecular weight excluding hydrogens is 232 g/mol. The Kier molecular flexibility index (Phi) is 2.28. The average Bonchev–Trinajstić information content (AvgIpc) is 2.83. The van der Waals surface area contributed by atoms with Crippen LogP contribution in [0.4, 0.5) is 8.78 Å². The summed E-state index contributed by atoms with van der Waals surface area (Å²) >= 11 is 1.05. The van der Waals surface area contributed by atoms with Gasteiger partial charge in [0.05, 0.1) is 11.1 Å². The maximum atomic E-state index is 12.7. The van der Waals surface area contributed by atoms with E-state index in [0.29, 0.717) is 23.1 Å². The highest BCUT2D eigenvalue weighted by molar-refractivity contribution is 7.10. The van der Waals surface area contributed by atoms with Crippen LogP contribution in [0.2, 0.25) is 0 Å². The van der Waals surface area contributed by atoms with E-state index in [2.05, 4.69) is 4.98 Å². The van der Waals surface area contributed by atoms with E-state index in [0.717, 1.165) is 24.2 Å². The van der Waals surface area contributed by atoms with Gasteiger partial charge in [0.2, 0.25) is 0 Å². The predicted molar refractivity (Wildman–Crippen MR) is 56.7 cm³/mol. The molecule has 0 bridgehead atoms. The Hall–Kier alpha value is -1.23. The summed E-state index contributed by atoms with van der Waals surface area (Å²) in [6.45, 7) is 0. The van der Waals surface area contributed by atoms with E-state index < -0.39 is 6.43 Å². The van der Waals surface area contributed by atoms with Gasteiger partial charge in [-0.1, -0.05) is 0 Å². The van der Waals surface area contributed by atoms with Crippen LogP contribution in [-0.2, 0) is 0 Å². The van der Waals surface area contributed by atoms with Gasteiger partial charge < -0.3 is 4.42 Å². The molecule has 1 saturated carbocycles. The first-order valence-corrected chi connectivity index (χ1v) is 5.95. The molecule has 84 valence electrons. The van der Waals surface area contributed by atoms with Crippen molar-refractivity contribution in [2.45, 2.75) is 25.2 Å². The SMILES string of the molecule is FC(F)c1sccc1-c1cnc(C2CC2)o1. The summed E-state index contributed by atoms with van der Waals surface area (Å²) in [6, 6.07) is 1.66. The highest BCUT2D eigenvalue weighted by Gasteiger charge is 2.29. The molecule has 3 rings (SSSR count). The maximum Gasteiger partial charge on any atom is 0.273 e. The molecule has 0 atom stereocenters. The van der Waals surface area contributed by atoms with E-state index in [-0.39, 0.29) is 4.88 Å². The number of hydrogen-bond acceptors (Lipinski definition) is 3. The normalized spacial score (nSPS) is 15.9. The Balaban J connectivity index is 1.97. The van der Waals surface area contributed by atoms with Gasteiger partial charge >= 0.3 is 0 Å². The predicted octanol–water partition coefficient (Wildman–Crippen LogP) is 4.22. The maximum absolute atomic E-state index is 12.7. The van der Waals surface area contributed by atoms with E-state index in [9.17, 15) is 8.78 Å². The van der Waals surface area contributed by atoms with E-state index in [4.69, 9.17) is 4.42 Å². The largest absolute Gasteiger partial charge is 0.440 e. The zero-order valence-electron chi connectivity index (χ0n) is 8.32. The van der Waals surface area contributed by atoms with Crippen LogP contribution in [0.1, 0.15) is 36.0 Å². The van der Waals surface area contributed by atoms with Crippen molar-refractivity contribution in [1.82, 2.24) is 4.98 Å². The topological polar surface area (TPSA) is 26.0 Å². The van der Waals surface area contributed by atoms with Gasteiger partial charge in [-0.15, -0.1) is 11.3 Å². The van der Waals surface area contributed by atoms with Crippen LogP contribution in [0.3, 0.4) is 0 Å². The van der Waals surface area contributed by atoms with Crippen molar-refractivity contribution in [2.24, 2.45) is 0 Å². The highest BCUT2D eigenvalue weighted by Crippen LogP contribution is 2.42. The van der Waals surface area contributed by atoms with Crippen molar-refractivity contribution in [3.05, 3.63) is 28.4 Å². The van der Waals surface area contributed by atoms with Crippen LogP contribution in [0.15, 0.2) is 22.1 Å². The minimum Gasteiger partial charge on any atom is -0.440 e. The van der Waals surface area contributed by atoms with Crippen molar-refractivity contribution >= 4 is 11.3 Å². The summed E-state index contributed by atoms with van der Waals surface area (Å²) in [5.41, 5.74) is 0.472. The Bertz CT molecular complexity index is 502. The molecule has 0 amide bonds. The second-order valence-corrected chi connectivity index (χ2v) is 4.78. The fraction of sp³-hybridized carbons (Fsp3) is 0.364. The summed E-state index contributed by atoms with van der Waals surface area (Å²) in [7, 11) is 0. The monoisotopic (exact) mass is 241 g/mol. The van der Waals surface area contributed by atoms with Gasteiger partial charge in [0.25, 0.3) is 6.43 Å². The Morgan fingerprint density at radius 3 is 2.94 bits per heavy atom. The third kappa shape index (κ3) is 1.65. The molecule has 2 aromatic heterocycles. The Morgan fingerprint density at radius 2 is 2.25 bits per heavy atom. The molecule has 0 aromatic carbocycles. The van der Waals surface area contributed by atoms with Crippen molar-refractivity contribution < 1.29 is 13.2 Å². The number of alkyl halides is 2. The molecule has 0 unspecified atom stereocenters. The van der Waals surface area contributed by atoms with Crippen molar-refractivity contribution in [2.75, 3.05) is 0 Å². The van der Waals surface area contributed by atoms with E-state index >= 15 is 0 Å². The number of nitrogens with zero attached hydrogens (tertiary/aromatic N) is 1. The molecule has 16 heavy (non-hydrogen) atoms. The molecule has 2 heterocycles. The number of hydrogen-bond donors (Lipinski definition) is 0. The summed E-state index contributed by atoms with van der Waals surface area (Å²) in [6.07, 6.45) is 1.27. The molecule has 0 N–H and O–H groups in total. The zero-order chi connectivity index (χ0) is 11.1. The highest BCUT2D eigenvalue weighted by atomic mass is 32.1. The standard InChI is InChI=1S/C11H9F2NOS/c12-10(13)9-7(3-4-16-9)8-5-14-11(15-8)6-1-2-6/h3-6,10H,1-2H2. The van der Waals surface area contributed by atoms with E-state index in [1.807, 2.05) is 0 Å². The summed E-state index contributed by atoms with van der Waals surface area (Å²) in [5.74, 6) is 1.54. The quantitative estimate of drug-likeness (QED) is 0.804. The van der Waals surface area contributed by atoms with Crippen LogP contribution in [0.5, 0.6) is 0 Å². The molecule has 2 nitrogen and oxygen atoms in total. The van der Waals surface area contributed by atoms with E-state index in [1.165, 1.54) is 0 Å². The van der Waals surface area contributed by atoms with Crippen molar-refractivity contribution in [1.29, 1.82) is 0 Å². The molecule has 1 aliphatic rings. The third-order valence-electron chi connectivity index (χ3n) is 2.61. The minimum atomic E-state index is -2.45. The second kappa shape index (κ2) is 3.66. The van der Waals surface area contributed by atoms with Gasteiger partial charge in [0.1, 0.15) is 0 Å². The van der Waals surface area contributed by atoms with Gasteiger partial charge in [-0.2, -0.15) is 0 Å². The van der Waals surface area contributed by atoms with Crippen LogP contribution < -0.4 is 0 Å². The van der Waals surface area contributed by atoms with Gasteiger partial charge in [-0.25, -0.2) is 13.8 Å². The fourth-order valence-corrected chi connectivity index (χ4v) is 2.37. The van der Waals surface area contributed by atoms with Crippen LogP contribution in [0.25, 0.3) is 11.3 Å². The molecule has 1 fully saturated rings. The number of rotatable bonds is 3. The molecule has 2 aromatic rings. The molecule has 0 saturated heterocycles. The first-order valence-electron chi connectivity index (χ1n) is 5.07. The molecule has 0 spiro atoms. The molecule has 1 aliphatic carbocycles. The first-order chi connectivity index (χ1) is 7.75. The van der Waals surface area contributed by atoms with Gasteiger partial charge in [0, 0.05) is 11.5 Å². The van der Waals surface area contributed by atoms with Gasteiger partial charge in [-0.05, 0) is 24.3 Å². The molecule has 0 aliphatic heterocycles. The summed E-state index contributed by atoms with van der Waals surface area (Å²) < 4.78 is 30.9. The zero-order valence-corrected chi connectivity index (χ0v) is 9.14. The Labute approximate surface area is 94.9 Å². The lowest BCUT2D eigenvalue weighted by atomic mass is 10.2. The smallest absolute Gasteiger partial charge is 0.273 e. The first kappa shape index (κ1) is 9.96.